The van der Waals surface area contributed by atoms with Crippen LogP contribution in [0.3, 0.4) is 0 Å². The second kappa shape index (κ2) is 9.20. The number of hydrogen-bond acceptors (Lipinski definition) is 5. The summed E-state index contributed by atoms with van der Waals surface area (Å²) in [4.78, 5) is 23.8. The molecule has 1 fully saturated rings. The number of nitrogens with zero attached hydrogens (tertiary/aromatic N) is 3. The van der Waals surface area contributed by atoms with Crippen LogP contribution in [-0.2, 0) is 0 Å². The first-order valence-electron chi connectivity index (χ1n) is 10.8. The van der Waals surface area contributed by atoms with Crippen LogP contribution in [0.2, 0.25) is 0 Å². The normalized spacial score (nSPS) is 18.4. The molecule has 4 rings (SSSR count). The van der Waals surface area contributed by atoms with Gasteiger partial charge in [-0.3, -0.25) is 0 Å². The molecule has 1 aliphatic rings. The van der Waals surface area contributed by atoms with E-state index < -0.39 is 0 Å². The SMILES string of the molecule is Cc1cccc(NC(=O)N[C@H]2CC[C@@H](Nc3nc(N(C)C)c4ccccc4n3)CC2)c1. The zero-order valence-corrected chi connectivity index (χ0v) is 18.4. The minimum atomic E-state index is -0.143. The van der Waals surface area contributed by atoms with Crippen molar-refractivity contribution >= 4 is 34.4 Å². The average Bonchev–Trinajstić information content (AvgIpc) is 2.74. The van der Waals surface area contributed by atoms with Gasteiger partial charge in [0.15, 0.2) is 0 Å². The highest BCUT2D eigenvalue weighted by atomic mass is 16.2. The summed E-state index contributed by atoms with van der Waals surface area (Å²) >= 11 is 0. The Balaban J connectivity index is 1.32. The largest absolute Gasteiger partial charge is 0.362 e. The molecule has 0 saturated heterocycles. The summed E-state index contributed by atoms with van der Waals surface area (Å²) in [6.07, 6.45) is 3.77. The zero-order chi connectivity index (χ0) is 21.8. The Labute approximate surface area is 183 Å². The van der Waals surface area contributed by atoms with Crippen LogP contribution in [-0.4, -0.2) is 42.2 Å². The number of fused-ring (bicyclic) bond motifs is 1. The van der Waals surface area contributed by atoms with Gasteiger partial charge in [0.1, 0.15) is 5.82 Å². The highest BCUT2D eigenvalue weighted by Gasteiger charge is 2.23. The number of benzene rings is 2. The number of para-hydroxylation sites is 1. The third-order valence-electron chi connectivity index (χ3n) is 5.68. The molecule has 0 spiro atoms. The van der Waals surface area contributed by atoms with Gasteiger partial charge >= 0.3 is 6.03 Å². The van der Waals surface area contributed by atoms with Gasteiger partial charge in [0.05, 0.1) is 5.52 Å². The van der Waals surface area contributed by atoms with Crippen molar-refractivity contribution in [1.29, 1.82) is 0 Å². The Morgan fingerprint density at radius 1 is 0.968 bits per heavy atom. The Morgan fingerprint density at radius 3 is 2.45 bits per heavy atom. The van der Waals surface area contributed by atoms with Gasteiger partial charge in [-0.25, -0.2) is 9.78 Å². The number of carbonyl (C=O) groups is 1. The number of aromatic nitrogens is 2. The molecule has 7 nitrogen and oxygen atoms in total. The van der Waals surface area contributed by atoms with Crippen molar-refractivity contribution < 1.29 is 4.79 Å². The van der Waals surface area contributed by atoms with Gasteiger partial charge in [0.25, 0.3) is 0 Å². The van der Waals surface area contributed by atoms with E-state index in [-0.39, 0.29) is 12.1 Å². The number of aryl methyl sites for hydroxylation is 1. The molecule has 1 heterocycles. The van der Waals surface area contributed by atoms with Crippen LogP contribution in [0, 0.1) is 6.92 Å². The van der Waals surface area contributed by atoms with Gasteiger partial charge in [0, 0.05) is 37.3 Å². The summed E-state index contributed by atoms with van der Waals surface area (Å²) in [5, 5.41) is 10.6. The van der Waals surface area contributed by atoms with E-state index >= 15 is 0 Å². The van der Waals surface area contributed by atoms with E-state index in [0.717, 1.165) is 53.7 Å². The molecular formula is C24H30N6O. The second-order valence-electron chi connectivity index (χ2n) is 8.44. The molecule has 2 amide bonds. The Hall–Kier alpha value is -3.35. The van der Waals surface area contributed by atoms with Crippen molar-refractivity contribution in [1.82, 2.24) is 15.3 Å². The van der Waals surface area contributed by atoms with E-state index in [9.17, 15) is 4.79 Å². The molecule has 3 aromatic rings. The molecular weight excluding hydrogens is 388 g/mol. The van der Waals surface area contributed by atoms with Crippen molar-refractivity contribution in [3.05, 3.63) is 54.1 Å². The minimum Gasteiger partial charge on any atom is -0.362 e. The number of hydrogen-bond donors (Lipinski definition) is 3. The van der Waals surface area contributed by atoms with Crippen LogP contribution in [0.25, 0.3) is 10.9 Å². The summed E-state index contributed by atoms with van der Waals surface area (Å²) in [6.45, 7) is 2.01. The van der Waals surface area contributed by atoms with Crippen LogP contribution in [0.15, 0.2) is 48.5 Å². The lowest BCUT2D eigenvalue weighted by molar-refractivity contribution is 0.243. The first-order chi connectivity index (χ1) is 15.0. The molecule has 1 saturated carbocycles. The summed E-state index contributed by atoms with van der Waals surface area (Å²) in [7, 11) is 3.99. The van der Waals surface area contributed by atoms with E-state index in [1.54, 1.807) is 0 Å². The molecule has 2 aromatic carbocycles. The van der Waals surface area contributed by atoms with Gasteiger partial charge < -0.3 is 20.9 Å². The van der Waals surface area contributed by atoms with Gasteiger partial charge in [-0.1, -0.05) is 24.3 Å². The molecule has 162 valence electrons. The lowest BCUT2D eigenvalue weighted by Gasteiger charge is -2.30. The zero-order valence-electron chi connectivity index (χ0n) is 18.4. The highest BCUT2D eigenvalue weighted by Crippen LogP contribution is 2.26. The van der Waals surface area contributed by atoms with Crippen molar-refractivity contribution in [2.75, 3.05) is 29.6 Å². The van der Waals surface area contributed by atoms with Crippen molar-refractivity contribution in [3.63, 3.8) is 0 Å². The summed E-state index contributed by atoms with van der Waals surface area (Å²) in [5.41, 5.74) is 2.88. The molecule has 3 N–H and O–H groups in total. The Bertz CT molecular complexity index is 1060. The first-order valence-corrected chi connectivity index (χ1v) is 10.8. The standard InChI is InChI=1S/C24H30N6O/c1-16-7-6-8-19(15-16)27-24(31)26-18-13-11-17(12-14-18)25-23-28-21-10-5-4-9-20(21)22(29-23)30(2)3/h4-10,15,17-18H,11-14H2,1-3H3,(H,25,28,29)(H2,26,27,31)/t17-,18+. The number of amides is 2. The van der Waals surface area contributed by atoms with Crippen LogP contribution < -0.4 is 20.9 Å². The second-order valence-corrected chi connectivity index (χ2v) is 8.44. The maximum Gasteiger partial charge on any atom is 0.319 e. The smallest absolute Gasteiger partial charge is 0.319 e. The number of rotatable bonds is 5. The van der Waals surface area contributed by atoms with E-state index in [1.807, 2.05) is 74.4 Å². The van der Waals surface area contributed by atoms with Crippen molar-refractivity contribution in [3.8, 4) is 0 Å². The molecule has 7 heteroatoms. The fourth-order valence-electron chi connectivity index (χ4n) is 4.11. The highest BCUT2D eigenvalue weighted by molar-refractivity contribution is 5.90. The third-order valence-corrected chi connectivity index (χ3v) is 5.68. The lowest BCUT2D eigenvalue weighted by Crippen LogP contribution is -2.42. The van der Waals surface area contributed by atoms with Gasteiger partial charge in [-0.2, -0.15) is 4.98 Å². The van der Waals surface area contributed by atoms with Gasteiger partial charge in [-0.15, -0.1) is 0 Å². The molecule has 31 heavy (non-hydrogen) atoms. The summed E-state index contributed by atoms with van der Waals surface area (Å²) in [6, 6.07) is 16.2. The van der Waals surface area contributed by atoms with E-state index in [2.05, 4.69) is 16.0 Å². The van der Waals surface area contributed by atoms with Crippen LogP contribution >= 0.6 is 0 Å². The Morgan fingerprint density at radius 2 is 1.71 bits per heavy atom. The third kappa shape index (κ3) is 5.23. The quantitative estimate of drug-likeness (QED) is 0.566. The molecule has 1 aromatic heterocycles. The predicted octanol–water partition coefficient (Wildman–Crippen LogP) is 4.55. The number of carbonyl (C=O) groups excluding carboxylic acids is 1. The molecule has 0 atom stereocenters. The fourth-order valence-corrected chi connectivity index (χ4v) is 4.11. The topological polar surface area (TPSA) is 82.2 Å². The predicted molar refractivity (Wildman–Crippen MR) is 127 cm³/mol. The Kier molecular flexibility index (Phi) is 6.21. The van der Waals surface area contributed by atoms with Gasteiger partial charge in [0.2, 0.25) is 5.95 Å². The van der Waals surface area contributed by atoms with Gasteiger partial charge in [-0.05, 0) is 62.4 Å². The first kappa shape index (κ1) is 20.9. The number of urea groups is 1. The minimum absolute atomic E-state index is 0.143. The van der Waals surface area contributed by atoms with Crippen LogP contribution in [0.4, 0.5) is 22.2 Å². The average molecular weight is 419 g/mol. The van der Waals surface area contributed by atoms with Crippen LogP contribution in [0.1, 0.15) is 31.2 Å². The molecule has 0 unspecified atom stereocenters. The number of anilines is 3. The summed E-state index contributed by atoms with van der Waals surface area (Å²) in [5.74, 6) is 1.58. The molecule has 0 aliphatic heterocycles. The summed E-state index contributed by atoms with van der Waals surface area (Å²) < 4.78 is 0. The van der Waals surface area contributed by atoms with E-state index in [0.29, 0.717) is 12.0 Å². The van der Waals surface area contributed by atoms with E-state index in [4.69, 9.17) is 9.97 Å². The lowest BCUT2D eigenvalue weighted by atomic mass is 9.91. The number of nitrogens with one attached hydrogen (secondary N) is 3. The maximum absolute atomic E-state index is 12.3. The van der Waals surface area contributed by atoms with Crippen molar-refractivity contribution in [2.45, 2.75) is 44.7 Å². The van der Waals surface area contributed by atoms with E-state index in [1.165, 1.54) is 0 Å². The molecule has 0 bridgehead atoms. The van der Waals surface area contributed by atoms with Crippen molar-refractivity contribution in [2.24, 2.45) is 0 Å². The molecule has 1 aliphatic carbocycles. The maximum atomic E-state index is 12.3. The van der Waals surface area contributed by atoms with Crippen LogP contribution in [0.5, 0.6) is 0 Å². The monoisotopic (exact) mass is 418 g/mol. The molecule has 0 radical (unpaired) electrons. The fraction of sp³-hybridized carbons (Fsp3) is 0.375.